The van der Waals surface area contributed by atoms with Crippen molar-refractivity contribution in [3.05, 3.63) is 90.4 Å². The minimum Gasteiger partial charge on any atom is -1.00 e. The van der Waals surface area contributed by atoms with Crippen molar-refractivity contribution < 1.29 is 46.1 Å². The van der Waals surface area contributed by atoms with Crippen molar-refractivity contribution in [2.24, 2.45) is 5.92 Å². The van der Waals surface area contributed by atoms with Crippen molar-refractivity contribution in [2.75, 3.05) is 0 Å². The van der Waals surface area contributed by atoms with E-state index in [4.69, 9.17) is 0 Å². The molecule has 1 aromatic heterocycles. The minimum atomic E-state index is -2.33. The summed E-state index contributed by atoms with van der Waals surface area (Å²) in [4.78, 5) is 1.41. The second-order valence-corrected chi connectivity index (χ2v) is 20.8. The van der Waals surface area contributed by atoms with E-state index in [0.29, 0.717) is 5.92 Å². The van der Waals surface area contributed by atoms with E-state index < -0.39 is 21.3 Å². The normalized spacial score (nSPS) is 15.8. The first kappa shape index (κ1) is 31.5. The predicted molar refractivity (Wildman–Crippen MR) is 158 cm³/mol. The molecule has 0 nitrogen and oxygen atoms in total. The number of benzene rings is 2. The molecular weight excluding hydrogens is 603 g/mol. The van der Waals surface area contributed by atoms with Gasteiger partial charge in [0.15, 0.2) is 0 Å². The third kappa shape index (κ3) is 5.72. The Labute approximate surface area is 254 Å². The summed E-state index contributed by atoms with van der Waals surface area (Å²) in [5, 5.41) is 2.20. The smallest absolute Gasteiger partial charge is 1.00 e. The van der Waals surface area contributed by atoms with Gasteiger partial charge in [-0.25, -0.2) is 0 Å². The molecule has 1 atom stereocenters. The summed E-state index contributed by atoms with van der Waals surface area (Å²) in [6.07, 6.45) is 6.19. The van der Waals surface area contributed by atoms with Gasteiger partial charge in [-0.3, -0.25) is 0 Å². The topological polar surface area (TPSA) is 0 Å². The van der Waals surface area contributed by atoms with Gasteiger partial charge in [0.2, 0.25) is 0 Å². The summed E-state index contributed by atoms with van der Waals surface area (Å²) in [5.74, 6) is 0.520. The summed E-state index contributed by atoms with van der Waals surface area (Å²) >= 11 is -0.466. The quantitative estimate of drug-likeness (QED) is 0.323. The van der Waals surface area contributed by atoms with Gasteiger partial charge >= 0.3 is 232 Å². The summed E-state index contributed by atoms with van der Waals surface area (Å²) in [6, 6.07) is 16.6. The Morgan fingerprint density at radius 2 is 1.58 bits per heavy atom. The van der Waals surface area contributed by atoms with Gasteiger partial charge in [0.1, 0.15) is 0 Å². The second-order valence-electron chi connectivity index (χ2n) is 12.9. The molecule has 3 aromatic rings. The van der Waals surface area contributed by atoms with Crippen LogP contribution in [0.4, 0.5) is 0 Å². The van der Waals surface area contributed by atoms with Crippen LogP contribution in [0.3, 0.4) is 0 Å². The van der Waals surface area contributed by atoms with Gasteiger partial charge in [0, 0.05) is 0 Å². The summed E-state index contributed by atoms with van der Waals surface area (Å²) < 4.78 is 5.18. The molecule has 0 spiro atoms. The Kier molecular flexibility index (Phi) is 9.48. The fraction of sp³-hybridized carbons (Fsp3) is 0.382. The first-order chi connectivity index (χ1) is 16.9. The van der Waals surface area contributed by atoms with Gasteiger partial charge in [0.25, 0.3) is 0 Å². The number of hydrogen-bond acceptors (Lipinski definition) is 1. The van der Waals surface area contributed by atoms with Gasteiger partial charge in [-0.1, -0.05) is 0 Å². The molecule has 0 amide bonds. The standard InChI is InChI=1S/C21H25.C10H9S.C3H6.2ClH.Zr/c1-20(2,3)16-7-9-18-14(12-16)11-15-13-17(21(4,5)6)8-10-19(15)18;1-8-4-5-9(7-8)10-3-2-6-11-10;1-3-2;;;/h7-10,12H,11H2,1-6H3;2-3,5-8H,1H3;1-2H3;2*1H;/q;;;;;+2/p-2. The molecule has 0 radical (unpaired) electrons. The van der Waals surface area contributed by atoms with Gasteiger partial charge in [-0.15, -0.1) is 0 Å². The molecular formula is C34H40Cl2SZr. The molecule has 2 aliphatic carbocycles. The van der Waals surface area contributed by atoms with Gasteiger partial charge in [0.05, 0.1) is 0 Å². The van der Waals surface area contributed by atoms with Crippen LogP contribution in [-0.2, 0) is 38.5 Å². The molecule has 0 saturated carbocycles. The summed E-state index contributed by atoms with van der Waals surface area (Å²) in [5.41, 5.74) is 10.9. The van der Waals surface area contributed by atoms with Gasteiger partial charge < -0.3 is 24.8 Å². The molecule has 38 heavy (non-hydrogen) atoms. The molecule has 0 aliphatic heterocycles. The van der Waals surface area contributed by atoms with Crippen molar-refractivity contribution in [3.63, 3.8) is 0 Å². The number of rotatable bonds is 3. The average Bonchev–Trinajstić information content (AvgIpc) is 3.51. The van der Waals surface area contributed by atoms with Crippen molar-refractivity contribution in [1.82, 2.24) is 0 Å². The van der Waals surface area contributed by atoms with E-state index in [1.165, 1.54) is 32.7 Å². The number of halogens is 2. The van der Waals surface area contributed by atoms with Gasteiger partial charge in [-0.05, 0) is 0 Å². The molecule has 2 aromatic carbocycles. The van der Waals surface area contributed by atoms with Gasteiger partial charge in [-0.2, -0.15) is 0 Å². The Hall–Kier alpha value is -1.05. The predicted octanol–water partition coefficient (Wildman–Crippen LogP) is 3.00. The van der Waals surface area contributed by atoms with Crippen LogP contribution >= 0.6 is 11.3 Å². The molecule has 0 fully saturated rings. The van der Waals surface area contributed by atoms with Crippen LogP contribution in [0.15, 0.2) is 63.3 Å². The van der Waals surface area contributed by atoms with Crippen molar-refractivity contribution in [3.8, 4) is 11.1 Å². The SMILES string of the molecule is C[C](C)=[Zr+2]([C]1=CC(c2cccs2)=CC1C)[c]1c(C(C)(C)C)ccc2c1Cc1cc(C(C)(C)C)ccc1-2.[Cl-].[Cl-]. The van der Waals surface area contributed by atoms with E-state index in [0.717, 1.165) is 6.42 Å². The van der Waals surface area contributed by atoms with Crippen LogP contribution in [0.1, 0.15) is 89.4 Å². The van der Waals surface area contributed by atoms with Crippen LogP contribution in [0.2, 0.25) is 0 Å². The van der Waals surface area contributed by atoms with Crippen LogP contribution < -0.4 is 28.1 Å². The molecule has 200 valence electrons. The first-order valence-electron chi connectivity index (χ1n) is 13.3. The minimum absolute atomic E-state index is 0. The summed E-state index contributed by atoms with van der Waals surface area (Å²) in [6.45, 7) is 21.5. The molecule has 1 unspecified atom stereocenters. The Morgan fingerprint density at radius 3 is 2.16 bits per heavy atom. The fourth-order valence-corrected chi connectivity index (χ4v) is 15.2. The van der Waals surface area contributed by atoms with E-state index in [1.54, 1.807) is 20.9 Å². The zero-order valence-corrected chi connectivity index (χ0v) is 29.0. The number of allylic oxidation sites excluding steroid dienone is 4. The average molecular weight is 643 g/mol. The maximum absolute atomic E-state index is 2.59. The third-order valence-corrected chi connectivity index (χ3v) is 16.7. The van der Waals surface area contributed by atoms with Crippen LogP contribution in [0, 0.1) is 5.92 Å². The van der Waals surface area contributed by atoms with Crippen molar-refractivity contribution in [1.29, 1.82) is 0 Å². The number of hydrogen-bond donors (Lipinski definition) is 0. The molecule has 2 aliphatic rings. The Bertz CT molecular complexity index is 1440. The fourth-order valence-electron chi connectivity index (χ4n) is 5.94. The van der Waals surface area contributed by atoms with E-state index in [2.05, 4.69) is 122 Å². The van der Waals surface area contributed by atoms with Crippen LogP contribution in [0.25, 0.3) is 16.7 Å². The van der Waals surface area contributed by atoms with E-state index in [1.807, 2.05) is 11.3 Å². The Balaban J connectivity index is 0.00000200. The molecule has 0 saturated heterocycles. The molecule has 0 N–H and O–H groups in total. The van der Waals surface area contributed by atoms with Crippen molar-refractivity contribution in [2.45, 2.75) is 79.6 Å². The van der Waals surface area contributed by atoms with E-state index >= 15 is 0 Å². The zero-order valence-electron chi connectivity index (χ0n) is 24.2. The number of fused-ring (bicyclic) bond motifs is 3. The maximum Gasteiger partial charge on any atom is -1.00 e. The number of thiophene rings is 1. The largest absolute Gasteiger partial charge is 1.00 e. The zero-order chi connectivity index (χ0) is 26.0. The maximum atomic E-state index is 2.59. The first-order valence-corrected chi connectivity index (χ1v) is 17.9. The molecule has 5 rings (SSSR count). The van der Waals surface area contributed by atoms with Crippen molar-refractivity contribution >= 4 is 23.4 Å². The second kappa shape index (κ2) is 11.4. The van der Waals surface area contributed by atoms with E-state index in [9.17, 15) is 0 Å². The third-order valence-electron chi connectivity index (χ3n) is 7.83. The molecule has 4 heteroatoms. The van der Waals surface area contributed by atoms with E-state index in [-0.39, 0.29) is 35.6 Å². The molecule has 1 heterocycles. The molecule has 0 bridgehead atoms. The van der Waals surface area contributed by atoms with Crippen LogP contribution in [0.5, 0.6) is 0 Å². The Morgan fingerprint density at radius 1 is 0.895 bits per heavy atom. The monoisotopic (exact) mass is 640 g/mol. The van der Waals surface area contributed by atoms with Crippen LogP contribution in [-0.4, -0.2) is 3.21 Å². The summed E-state index contributed by atoms with van der Waals surface area (Å²) in [7, 11) is 0.